The summed E-state index contributed by atoms with van der Waals surface area (Å²) in [6, 6.07) is 5.31. The molecule has 0 aliphatic rings. The van der Waals surface area contributed by atoms with E-state index in [0.717, 1.165) is 6.07 Å². The summed E-state index contributed by atoms with van der Waals surface area (Å²) in [5, 5.41) is 0.525. The lowest BCUT2D eigenvalue weighted by molar-refractivity contribution is 0.0769. The van der Waals surface area contributed by atoms with Gasteiger partial charge in [0.05, 0.1) is 0 Å². The van der Waals surface area contributed by atoms with Gasteiger partial charge in [0.15, 0.2) is 0 Å². The minimum atomic E-state index is -0.741. The molecular weight excluding hydrogens is 249 g/mol. The van der Waals surface area contributed by atoms with Gasteiger partial charge < -0.3 is 9.32 Å². The Morgan fingerprint density at radius 3 is 2.58 bits per heavy atom. The summed E-state index contributed by atoms with van der Waals surface area (Å²) in [7, 11) is 0. The number of nitrogens with zero attached hydrogens (tertiary/aromatic N) is 1. The molecule has 0 fully saturated rings. The Bertz CT molecular complexity index is 674. The van der Waals surface area contributed by atoms with Gasteiger partial charge in [-0.15, -0.1) is 0 Å². The van der Waals surface area contributed by atoms with Crippen molar-refractivity contribution in [1.82, 2.24) is 4.90 Å². The third-order valence-electron chi connectivity index (χ3n) is 2.98. The first kappa shape index (κ1) is 13.3. The highest BCUT2D eigenvalue weighted by atomic mass is 19.1. The Morgan fingerprint density at radius 1 is 1.26 bits per heavy atom. The maximum absolute atomic E-state index is 13.0. The van der Waals surface area contributed by atoms with Crippen molar-refractivity contribution in [2.24, 2.45) is 0 Å². The molecule has 2 aromatic rings. The third-order valence-corrected chi connectivity index (χ3v) is 2.98. The van der Waals surface area contributed by atoms with Gasteiger partial charge in [0.25, 0.3) is 5.91 Å². The van der Waals surface area contributed by atoms with Crippen LogP contribution < -0.4 is 5.63 Å². The molecule has 1 heterocycles. The Balaban J connectivity index is 2.56. The highest BCUT2D eigenvalue weighted by Gasteiger charge is 2.18. The second-order valence-corrected chi connectivity index (χ2v) is 4.11. The summed E-state index contributed by atoms with van der Waals surface area (Å²) in [6.45, 7) is 4.69. The SMILES string of the molecule is CCN(CC)C(=O)c1cc2ccc(F)cc2oc1=O. The maximum Gasteiger partial charge on any atom is 0.349 e. The molecule has 0 N–H and O–H groups in total. The zero-order chi connectivity index (χ0) is 14.0. The fourth-order valence-electron chi connectivity index (χ4n) is 1.92. The van der Waals surface area contributed by atoms with Crippen LogP contribution in [0.5, 0.6) is 0 Å². The van der Waals surface area contributed by atoms with Crippen molar-refractivity contribution in [3.63, 3.8) is 0 Å². The second kappa shape index (κ2) is 5.22. The molecule has 19 heavy (non-hydrogen) atoms. The van der Waals surface area contributed by atoms with Gasteiger partial charge in [-0.1, -0.05) is 0 Å². The molecule has 1 aromatic carbocycles. The third kappa shape index (κ3) is 2.50. The first-order valence-corrected chi connectivity index (χ1v) is 6.09. The van der Waals surface area contributed by atoms with E-state index in [1.165, 1.54) is 23.1 Å². The number of rotatable bonds is 3. The fourth-order valence-corrected chi connectivity index (χ4v) is 1.92. The highest BCUT2D eigenvalue weighted by molar-refractivity contribution is 5.96. The van der Waals surface area contributed by atoms with E-state index in [0.29, 0.717) is 18.5 Å². The molecule has 0 saturated heterocycles. The van der Waals surface area contributed by atoms with Crippen molar-refractivity contribution < 1.29 is 13.6 Å². The van der Waals surface area contributed by atoms with Crippen LogP contribution in [-0.4, -0.2) is 23.9 Å². The number of halogens is 1. The number of hydrogen-bond acceptors (Lipinski definition) is 3. The van der Waals surface area contributed by atoms with Crippen LogP contribution in [0.25, 0.3) is 11.0 Å². The maximum atomic E-state index is 13.0. The van der Waals surface area contributed by atoms with Crippen LogP contribution in [0.1, 0.15) is 24.2 Å². The van der Waals surface area contributed by atoms with E-state index in [1.807, 2.05) is 13.8 Å². The van der Waals surface area contributed by atoms with Crippen LogP contribution >= 0.6 is 0 Å². The van der Waals surface area contributed by atoms with Crippen LogP contribution in [0, 0.1) is 5.82 Å². The summed E-state index contributed by atoms with van der Waals surface area (Å²) in [6.07, 6.45) is 0. The molecule has 0 aliphatic carbocycles. The first-order valence-electron chi connectivity index (χ1n) is 6.09. The van der Waals surface area contributed by atoms with Crippen molar-refractivity contribution >= 4 is 16.9 Å². The molecule has 0 unspecified atom stereocenters. The van der Waals surface area contributed by atoms with Crippen LogP contribution in [0.2, 0.25) is 0 Å². The summed E-state index contributed by atoms with van der Waals surface area (Å²) in [5.41, 5.74) is -0.626. The van der Waals surface area contributed by atoms with Gasteiger partial charge in [-0.2, -0.15) is 0 Å². The van der Waals surface area contributed by atoms with Crippen LogP contribution in [-0.2, 0) is 0 Å². The largest absolute Gasteiger partial charge is 0.422 e. The Morgan fingerprint density at radius 2 is 1.95 bits per heavy atom. The number of benzene rings is 1. The van der Waals surface area contributed by atoms with Gasteiger partial charge in [-0.05, 0) is 32.0 Å². The number of carbonyl (C=O) groups is 1. The number of carbonyl (C=O) groups excluding carboxylic acids is 1. The molecule has 0 spiro atoms. The zero-order valence-electron chi connectivity index (χ0n) is 10.8. The van der Waals surface area contributed by atoms with Gasteiger partial charge in [0.2, 0.25) is 0 Å². The quantitative estimate of drug-likeness (QED) is 0.799. The van der Waals surface area contributed by atoms with E-state index in [4.69, 9.17) is 4.42 Å². The number of hydrogen-bond donors (Lipinski definition) is 0. The van der Waals surface area contributed by atoms with Crippen LogP contribution in [0.3, 0.4) is 0 Å². The standard InChI is InChI=1S/C14H14FNO3/c1-3-16(4-2)13(17)11-7-9-5-6-10(15)8-12(9)19-14(11)18/h5-8H,3-4H2,1-2H3. The lowest BCUT2D eigenvalue weighted by Gasteiger charge is -2.17. The lowest BCUT2D eigenvalue weighted by atomic mass is 10.1. The molecule has 0 radical (unpaired) electrons. The van der Waals surface area contributed by atoms with Gasteiger partial charge >= 0.3 is 5.63 Å². The Hall–Kier alpha value is -2.17. The second-order valence-electron chi connectivity index (χ2n) is 4.11. The van der Waals surface area contributed by atoms with E-state index in [2.05, 4.69) is 0 Å². The predicted octanol–water partition coefficient (Wildman–Crippen LogP) is 2.41. The molecule has 100 valence electrons. The van der Waals surface area contributed by atoms with Gasteiger partial charge in [0.1, 0.15) is 17.0 Å². The molecule has 0 saturated carbocycles. The average Bonchev–Trinajstić information content (AvgIpc) is 2.39. The van der Waals surface area contributed by atoms with Gasteiger partial charge in [-0.3, -0.25) is 4.79 Å². The topological polar surface area (TPSA) is 50.5 Å². The smallest absolute Gasteiger partial charge is 0.349 e. The minimum Gasteiger partial charge on any atom is -0.422 e. The van der Waals surface area contributed by atoms with E-state index in [1.54, 1.807) is 0 Å². The van der Waals surface area contributed by atoms with E-state index in [9.17, 15) is 14.0 Å². The molecule has 0 bridgehead atoms. The Labute approximate surface area is 109 Å². The normalized spacial score (nSPS) is 10.7. The molecule has 0 aliphatic heterocycles. The zero-order valence-corrected chi connectivity index (χ0v) is 10.8. The van der Waals surface area contributed by atoms with E-state index >= 15 is 0 Å². The fraction of sp³-hybridized carbons (Fsp3) is 0.286. The monoisotopic (exact) mass is 263 g/mol. The summed E-state index contributed by atoms with van der Waals surface area (Å²) >= 11 is 0. The minimum absolute atomic E-state index is 0.0252. The first-order chi connectivity index (χ1) is 9.06. The predicted molar refractivity (Wildman–Crippen MR) is 69.7 cm³/mol. The van der Waals surface area contributed by atoms with Crippen LogP contribution in [0.15, 0.2) is 33.5 Å². The van der Waals surface area contributed by atoms with Crippen LogP contribution in [0.4, 0.5) is 4.39 Å². The van der Waals surface area contributed by atoms with Gasteiger partial charge in [0, 0.05) is 24.5 Å². The number of fused-ring (bicyclic) bond motifs is 1. The molecular formula is C14H14FNO3. The molecule has 4 nitrogen and oxygen atoms in total. The van der Waals surface area contributed by atoms with Crippen molar-refractivity contribution in [3.8, 4) is 0 Å². The van der Waals surface area contributed by atoms with Gasteiger partial charge in [-0.25, -0.2) is 9.18 Å². The molecule has 0 atom stereocenters. The Kier molecular flexibility index (Phi) is 3.64. The summed E-state index contributed by atoms with van der Waals surface area (Å²) in [4.78, 5) is 25.4. The number of amides is 1. The van der Waals surface area contributed by atoms with Crippen molar-refractivity contribution in [2.45, 2.75) is 13.8 Å². The summed E-state index contributed by atoms with van der Waals surface area (Å²) < 4.78 is 18.0. The molecule has 5 heteroatoms. The van der Waals surface area contributed by atoms with Crippen molar-refractivity contribution in [3.05, 3.63) is 46.1 Å². The molecule has 1 amide bonds. The highest BCUT2D eigenvalue weighted by Crippen LogP contribution is 2.15. The van der Waals surface area contributed by atoms with Crippen molar-refractivity contribution in [2.75, 3.05) is 13.1 Å². The average molecular weight is 263 g/mol. The van der Waals surface area contributed by atoms with Crippen molar-refractivity contribution in [1.29, 1.82) is 0 Å². The molecule has 1 aromatic heterocycles. The summed E-state index contributed by atoms with van der Waals surface area (Å²) in [5.74, 6) is -0.858. The van der Waals surface area contributed by atoms with E-state index in [-0.39, 0.29) is 17.1 Å². The lowest BCUT2D eigenvalue weighted by Crippen LogP contribution is -2.33. The van der Waals surface area contributed by atoms with E-state index < -0.39 is 11.4 Å². The molecule has 2 rings (SSSR count).